The predicted octanol–water partition coefficient (Wildman–Crippen LogP) is 3.95. The number of nitrogens with one attached hydrogen (secondary N) is 1. The Morgan fingerprint density at radius 2 is 2.03 bits per heavy atom. The van der Waals surface area contributed by atoms with Crippen LogP contribution in [0.15, 0.2) is 53.4 Å². The van der Waals surface area contributed by atoms with Crippen molar-refractivity contribution in [3.8, 4) is 5.88 Å². The standard InChI is InChI=1S/C22H23FN2O3S2/c1-29-19-7-6-15-10-17(12-24-18-8-9-30(26,27)14-18)22(25-21(15)11-19)28-13-16-4-2-3-5-20(16)23/h2-7,10-11,18,24H,8-9,12-14H2,1H3. The van der Waals surface area contributed by atoms with Crippen LogP contribution in [0.1, 0.15) is 17.5 Å². The maximum absolute atomic E-state index is 14.0. The topological polar surface area (TPSA) is 68.3 Å². The summed E-state index contributed by atoms with van der Waals surface area (Å²) in [4.78, 5) is 5.78. The molecule has 158 valence electrons. The van der Waals surface area contributed by atoms with Crippen molar-refractivity contribution in [2.75, 3.05) is 17.8 Å². The van der Waals surface area contributed by atoms with Gasteiger partial charge in [0.1, 0.15) is 12.4 Å². The Bertz CT molecular complexity index is 1170. The molecule has 0 amide bonds. The summed E-state index contributed by atoms with van der Waals surface area (Å²) in [6, 6.07) is 14.5. The zero-order valence-electron chi connectivity index (χ0n) is 16.6. The molecule has 30 heavy (non-hydrogen) atoms. The third-order valence-electron chi connectivity index (χ3n) is 5.20. The van der Waals surface area contributed by atoms with Gasteiger partial charge in [-0.15, -0.1) is 11.8 Å². The van der Waals surface area contributed by atoms with Gasteiger partial charge < -0.3 is 10.1 Å². The van der Waals surface area contributed by atoms with Crippen LogP contribution in [0.5, 0.6) is 5.88 Å². The minimum Gasteiger partial charge on any atom is -0.472 e. The minimum atomic E-state index is -2.96. The van der Waals surface area contributed by atoms with Crippen molar-refractivity contribution >= 4 is 32.5 Å². The molecule has 1 N–H and O–H groups in total. The van der Waals surface area contributed by atoms with E-state index in [1.165, 1.54) is 6.07 Å². The molecule has 0 bridgehead atoms. The summed E-state index contributed by atoms with van der Waals surface area (Å²) < 4.78 is 43.4. The molecular formula is C22H23FN2O3S2. The molecule has 4 rings (SSSR count). The van der Waals surface area contributed by atoms with Crippen LogP contribution in [-0.2, 0) is 23.0 Å². The van der Waals surface area contributed by atoms with Crippen LogP contribution in [-0.4, -0.2) is 37.2 Å². The predicted molar refractivity (Wildman–Crippen MR) is 118 cm³/mol. The average molecular weight is 447 g/mol. The summed E-state index contributed by atoms with van der Waals surface area (Å²) in [7, 11) is -2.96. The minimum absolute atomic E-state index is 0.0677. The molecule has 1 aromatic heterocycles. The smallest absolute Gasteiger partial charge is 0.218 e. The second kappa shape index (κ2) is 8.91. The molecule has 0 radical (unpaired) electrons. The number of aromatic nitrogens is 1. The Morgan fingerprint density at radius 3 is 2.77 bits per heavy atom. The summed E-state index contributed by atoms with van der Waals surface area (Å²) in [6.07, 6.45) is 2.61. The van der Waals surface area contributed by atoms with Crippen molar-refractivity contribution in [1.29, 1.82) is 0 Å². The highest BCUT2D eigenvalue weighted by molar-refractivity contribution is 7.98. The van der Waals surface area contributed by atoms with Gasteiger partial charge in [0.25, 0.3) is 0 Å². The molecular weight excluding hydrogens is 423 g/mol. The van der Waals surface area contributed by atoms with Crippen molar-refractivity contribution in [3.05, 3.63) is 65.5 Å². The number of hydrogen-bond acceptors (Lipinski definition) is 6. The fourth-order valence-electron chi connectivity index (χ4n) is 3.52. The third kappa shape index (κ3) is 4.94. The monoisotopic (exact) mass is 446 g/mol. The molecule has 2 heterocycles. The molecule has 1 aliphatic rings. The Hall–Kier alpha value is -2.16. The highest BCUT2D eigenvalue weighted by Gasteiger charge is 2.27. The van der Waals surface area contributed by atoms with Gasteiger partial charge in [0.05, 0.1) is 17.0 Å². The Labute approximate surface area is 180 Å². The number of fused-ring (bicyclic) bond motifs is 1. The molecule has 8 heteroatoms. The summed E-state index contributed by atoms with van der Waals surface area (Å²) in [5, 5.41) is 4.29. The van der Waals surface area contributed by atoms with E-state index < -0.39 is 9.84 Å². The van der Waals surface area contributed by atoms with E-state index in [1.54, 1.807) is 30.0 Å². The first-order valence-electron chi connectivity index (χ1n) is 9.71. The van der Waals surface area contributed by atoms with Crippen LogP contribution < -0.4 is 10.1 Å². The van der Waals surface area contributed by atoms with Gasteiger partial charge in [0.15, 0.2) is 9.84 Å². The summed E-state index contributed by atoms with van der Waals surface area (Å²) in [5.74, 6) is 0.474. The average Bonchev–Trinajstić information content (AvgIpc) is 3.09. The fourth-order valence-corrected chi connectivity index (χ4v) is 5.66. The van der Waals surface area contributed by atoms with Crippen LogP contribution in [0.2, 0.25) is 0 Å². The number of rotatable bonds is 7. The lowest BCUT2D eigenvalue weighted by Crippen LogP contribution is -2.29. The number of sulfone groups is 1. The van der Waals surface area contributed by atoms with E-state index in [0.29, 0.717) is 24.4 Å². The fraction of sp³-hybridized carbons (Fsp3) is 0.318. The van der Waals surface area contributed by atoms with E-state index in [-0.39, 0.29) is 30.0 Å². The van der Waals surface area contributed by atoms with E-state index in [4.69, 9.17) is 4.74 Å². The lowest BCUT2D eigenvalue weighted by Gasteiger charge is -2.15. The van der Waals surface area contributed by atoms with Crippen molar-refractivity contribution in [2.45, 2.75) is 30.5 Å². The van der Waals surface area contributed by atoms with E-state index in [9.17, 15) is 12.8 Å². The van der Waals surface area contributed by atoms with Crippen molar-refractivity contribution in [3.63, 3.8) is 0 Å². The number of thioether (sulfide) groups is 1. The first kappa shape index (κ1) is 21.1. The number of benzene rings is 2. The molecule has 5 nitrogen and oxygen atoms in total. The van der Waals surface area contributed by atoms with Crippen LogP contribution >= 0.6 is 11.8 Å². The molecule has 0 aliphatic carbocycles. The van der Waals surface area contributed by atoms with Crippen molar-refractivity contribution in [1.82, 2.24) is 10.3 Å². The lowest BCUT2D eigenvalue weighted by atomic mass is 10.1. The van der Waals surface area contributed by atoms with Gasteiger partial charge in [-0.3, -0.25) is 0 Å². The largest absolute Gasteiger partial charge is 0.472 e. The summed E-state index contributed by atoms with van der Waals surface area (Å²) >= 11 is 1.63. The van der Waals surface area contributed by atoms with Crippen LogP contribution in [0, 0.1) is 5.82 Å². The molecule has 1 fully saturated rings. The SMILES string of the molecule is CSc1ccc2cc(CNC3CCS(=O)(=O)C3)c(OCc3ccccc3F)nc2c1. The van der Waals surface area contributed by atoms with Crippen molar-refractivity contribution < 1.29 is 17.5 Å². The zero-order chi connectivity index (χ0) is 21.1. The highest BCUT2D eigenvalue weighted by atomic mass is 32.2. The number of halogens is 1. The normalized spacial score (nSPS) is 18.0. The van der Waals surface area contributed by atoms with E-state index in [2.05, 4.69) is 10.3 Å². The molecule has 2 aromatic carbocycles. The Morgan fingerprint density at radius 1 is 1.20 bits per heavy atom. The molecule has 1 saturated heterocycles. The van der Waals surface area contributed by atoms with Gasteiger partial charge in [0, 0.05) is 34.0 Å². The molecule has 0 saturated carbocycles. The quantitative estimate of drug-likeness (QED) is 0.555. The Balaban J connectivity index is 1.60. The Kier molecular flexibility index (Phi) is 6.26. The number of ether oxygens (including phenoxy) is 1. The van der Waals surface area contributed by atoms with Crippen LogP contribution in [0.4, 0.5) is 4.39 Å². The van der Waals surface area contributed by atoms with Gasteiger partial charge in [0.2, 0.25) is 5.88 Å². The third-order valence-corrected chi connectivity index (χ3v) is 7.69. The summed E-state index contributed by atoms with van der Waals surface area (Å²) in [5.41, 5.74) is 2.08. The van der Waals surface area contributed by atoms with E-state index in [1.807, 2.05) is 30.5 Å². The second-order valence-electron chi connectivity index (χ2n) is 7.37. The van der Waals surface area contributed by atoms with E-state index in [0.717, 1.165) is 21.4 Å². The van der Waals surface area contributed by atoms with Crippen LogP contribution in [0.3, 0.4) is 0 Å². The number of pyridine rings is 1. The maximum Gasteiger partial charge on any atom is 0.218 e. The van der Waals surface area contributed by atoms with Gasteiger partial charge in [-0.25, -0.2) is 17.8 Å². The van der Waals surface area contributed by atoms with E-state index >= 15 is 0 Å². The molecule has 1 unspecified atom stereocenters. The van der Waals surface area contributed by atoms with Gasteiger partial charge in [-0.2, -0.15) is 0 Å². The molecule has 1 atom stereocenters. The van der Waals surface area contributed by atoms with Gasteiger partial charge in [-0.05, 0) is 36.9 Å². The number of nitrogens with zero attached hydrogens (tertiary/aromatic N) is 1. The first-order chi connectivity index (χ1) is 14.4. The summed E-state index contributed by atoms with van der Waals surface area (Å²) in [6.45, 7) is 0.498. The van der Waals surface area contributed by atoms with Crippen LogP contribution in [0.25, 0.3) is 10.9 Å². The zero-order valence-corrected chi connectivity index (χ0v) is 18.2. The molecule has 0 spiro atoms. The van der Waals surface area contributed by atoms with Gasteiger partial charge >= 0.3 is 0 Å². The maximum atomic E-state index is 14.0. The van der Waals surface area contributed by atoms with Gasteiger partial charge in [-0.1, -0.05) is 24.3 Å². The number of hydrogen-bond donors (Lipinski definition) is 1. The molecule has 1 aliphatic heterocycles. The first-order valence-corrected chi connectivity index (χ1v) is 12.8. The lowest BCUT2D eigenvalue weighted by molar-refractivity contribution is 0.284. The molecule has 3 aromatic rings. The second-order valence-corrected chi connectivity index (χ2v) is 10.5. The highest BCUT2D eigenvalue weighted by Crippen LogP contribution is 2.27. The van der Waals surface area contributed by atoms with Crippen molar-refractivity contribution in [2.24, 2.45) is 0 Å².